The molecule has 0 radical (unpaired) electrons. The van der Waals surface area contributed by atoms with Gasteiger partial charge in [0, 0.05) is 11.6 Å². The molecule has 0 saturated carbocycles. The predicted molar refractivity (Wildman–Crippen MR) is 119 cm³/mol. The molecule has 3 N–H and O–H groups in total. The quantitative estimate of drug-likeness (QED) is 0.280. The van der Waals surface area contributed by atoms with Crippen LogP contribution in [0.2, 0.25) is 0 Å². The molecule has 5 nitrogen and oxygen atoms in total. The van der Waals surface area contributed by atoms with E-state index >= 15 is 0 Å². The zero-order valence-corrected chi connectivity index (χ0v) is 17.2. The number of rotatable bonds is 7. The first-order valence-corrected chi connectivity index (χ1v) is 10.3. The van der Waals surface area contributed by atoms with Crippen LogP contribution in [0.15, 0.2) is 60.7 Å². The number of amides is 1. The van der Waals surface area contributed by atoms with Crippen molar-refractivity contribution in [3.8, 4) is 0 Å². The summed E-state index contributed by atoms with van der Waals surface area (Å²) in [6, 6.07) is 15.4. The Hall–Kier alpha value is -3.02. The summed E-state index contributed by atoms with van der Waals surface area (Å²) in [4.78, 5) is 23.5. The van der Waals surface area contributed by atoms with Gasteiger partial charge in [0.25, 0.3) is 5.91 Å². The molecule has 1 saturated heterocycles. The van der Waals surface area contributed by atoms with Crippen molar-refractivity contribution in [3.05, 3.63) is 82.9 Å². The minimum Gasteiger partial charge on any atom is -0.317 e. The number of piperidine rings is 1. The fourth-order valence-corrected chi connectivity index (χ4v) is 3.76. The fraction of sp³-hybridized carbons (Fsp3) is 0.280. The summed E-state index contributed by atoms with van der Waals surface area (Å²) in [5.74, 6) is 0.590. The molecule has 156 valence electrons. The normalized spacial score (nSPS) is 16.1. The molecule has 1 amide bonds. The van der Waals surface area contributed by atoms with Crippen molar-refractivity contribution in [2.24, 2.45) is 5.92 Å². The van der Waals surface area contributed by atoms with Crippen molar-refractivity contribution in [3.63, 3.8) is 0 Å². The first-order valence-electron chi connectivity index (χ1n) is 10.3. The number of ketones is 1. The third kappa shape index (κ3) is 5.99. The molecule has 0 bridgehead atoms. The average Bonchev–Trinajstić information content (AvgIpc) is 2.81. The Morgan fingerprint density at radius 1 is 0.967 bits per heavy atom. The predicted octanol–water partition coefficient (Wildman–Crippen LogP) is 4.20. The lowest BCUT2D eigenvalue weighted by molar-refractivity contribution is -0.124. The van der Waals surface area contributed by atoms with E-state index in [0.29, 0.717) is 17.4 Å². The molecule has 2 aromatic rings. The van der Waals surface area contributed by atoms with Crippen LogP contribution in [0.25, 0.3) is 12.2 Å². The number of hydrogen-bond acceptors (Lipinski definition) is 4. The third-order valence-electron chi connectivity index (χ3n) is 5.71. The highest BCUT2D eigenvalue weighted by Gasteiger charge is 2.21. The van der Waals surface area contributed by atoms with Crippen LogP contribution in [-0.4, -0.2) is 30.0 Å². The molecule has 1 aliphatic heterocycles. The summed E-state index contributed by atoms with van der Waals surface area (Å²) in [5, 5.41) is 11.9. The van der Waals surface area contributed by atoms with Crippen molar-refractivity contribution in [1.82, 2.24) is 10.8 Å². The van der Waals surface area contributed by atoms with E-state index in [1.807, 2.05) is 36.4 Å². The van der Waals surface area contributed by atoms with Crippen LogP contribution in [0, 0.1) is 5.92 Å². The van der Waals surface area contributed by atoms with Crippen LogP contribution in [-0.2, 0) is 4.79 Å². The van der Waals surface area contributed by atoms with Crippen molar-refractivity contribution < 1.29 is 14.8 Å². The van der Waals surface area contributed by atoms with E-state index in [1.165, 1.54) is 24.5 Å². The Labute approximate surface area is 177 Å². The molecule has 30 heavy (non-hydrogen) atoms. The maximum atomic E-state index is 12.5. The highest BCUT2D eigenvalue weighted by molar-refractivity contribution is 6.06. The number of benzene rings is 2. The summed E-state index contributed by atoms with van der Waals surface area (Å²) < 4.78 is 0. The van der Waals surface area contributed by atoms with Gasteiger partial charge in [-0.1, -0.05) is 61.5 Å². The maximum Gasteiger partial charge on any atom is 0.267 e. The first kappa shape index (κ1) is 21.7. The Kier molecular flexibility index (Phi) is 7.71. The van der Waals surface area contributed by atoms with Gasteiger partial charge in [-0.2, -0.15) is 0 Å². The van der Waals surface area contributed by atoms with Crippen LogP contribution >= 0.6 is 0 Å². The molecule has 2 aromatic carbocycles. The lowest BCUT2D eigenvalue weighted by Gasteiger charge is -2.28. The zero-order valence-electron chi connectivity index (χ0n) is 17.2. The summed E-state index contributed by atoms with van der Waals surface area (Å²) >= 11 is 0. The van der Waals surface area contributed by atoms with Gasteiger partial charge in [-0.15, -0.1) is 0 Å². The molecule has 3 rings (SSSR count). The highest BCUT2D eigenvalue weighted by atomic mass is 16.5. The van der Waals surface area contributed by atoms with Crippen LogP contribution in [0.4, 0.5) is 0 Å². The van der Waals surface area contributed by atoms with Gasteiger partial charge in [-0.25, -0.2) is 5.48 Å². The van der Waals surface area contributed by atoms with Gasteiger partial charge in [0.15, 0.2) is 5.78 Å². The standard InChI is InChI=1S/C25H28N2O3/c1-18(22-14-16-26-17-15-22)21-8-10-23(11-9-21)24(28)12-6-19-2-4-20(5-3-19)7-13-25(29)27-30/h2-13,18,22,26,30H,14-17H2,1H3,(H,27,29). The van der Waals surface area contributed by atoms with Crippen LogP contribution in [0.3, 0.4) is 0 Å². The average molecular weight is 405 g/mol. The SMILES string of the molecule is CC(c1ccc(C(=O)C=Cc2ccc(C=CC(=O)NO)cc2)cc1)C1CCNCC1. The number of carbonyl (C=O) groups is 2. The second kappa shape index (κ2) is 10.7. The Bertz CT molecular complexity index is 908. The fourth-order valence-electron chi connectivity index (χ4n) is 3.76. The van der Waals surface area contributed by atoms with E-state index in [4.69, 9.17) is 5.21 Å². The van der Waals surface area contributed by atoms with E-state index in [9.17, 15) is 9.59 Å². The minimum absolute atomic E-state index is 0.0281. The zero-order chi connectivity index (χ0) is 21.3. The van der Waals surface area contributed by atoms with E-state index in [2.05, 4.69) is 24.4 Å². The molecule has 0 aromatic heterocycles. The van der Waals surface area contributed by atoms with Gasteiger partial charge in [0.05, 0.1) is 0 Å². The molecule has 1 aliphatic rings. The number of hydrogen-bond donors (Lipinski definition) is 3. The maximum absolute atomic E-state index is 12.5. The van der Waals surface area contributed by atoms with Gasteiger partial charge in [-0.3, -0.25) is 14.8 Å². The topological polar surface area (TPSA) is 78.4 Å². The van der Waals surface area contributed by atoms with Gasteiger partial charge < -0.3 is 5.32 Å². The Morgan fingerprint density at radius 3 is 2.10 bits per heavy atom. The molecule has 1 unspecified atom stereocenters. The van der Waals surface area contributed by atoms with Crippen molar-refractivity contribution in [1.29, 1.82) is 0 Å². The monoisotopic (exact) mass is 404 g/mol. The molecule has 1 heterocycles. The van der Waals surface area contributed by atoms with Crippen molar-refractivity contribution >= 4 is 23.8 Å². The molecule has 1 fully saturated rings. The number of hydroxylamine groups is 1. The van der Waals surface area contributed by atoms with Crippen molar-refractivity contribution in [2.45, 2.75) is 25.7 Å². The number of carbonyl (C=O) groups excluding carboxylic acids is 2. The van der Waals surface area contributed by atoms with Crippen LogP contribution < -0.4 is 10.8 Å². The van der Waals surface area contributed by atoms with E-state index < -0.39 is 5.91 Å². The van der Waals surface area contributed by atoms with Crippen LogP contribution in [0.1, 0.15) is 52.7 Å². The molecule has 0 spiro atoms. The molecule has 1 atom stereocenters. The van der Waals surface area contributed by atoms with E-state index in [1.54, 1.807) is 23.7 Å². The van der Waals surface area contributed by atoms with Gasteiger partial charge in [0.1, 0.15) is 0 Å². The third-order valence-corrected chi connectivity index (χ3v) is 5.71. The Morgan fingerprint density at radius 2 is 1.53 bits per heavy atom. The summed E-state index contributed by atoms with van der Waals surface area (Å²) in [5.41, 5.74) is 5.23. The summed E-state index contributed by atoms with van der Waals surface area (Å²) in [7, 11) is 0. The minimum atomic E-state index is -0.583. The molecule has 0 aliphatic carbocycles. The van der Waals surface area contributed by atoms with E-state index in [0.717, 1.165) is 24.2 Å². The smallest absolute Gasteiger partial charge is 0.267 e. The van der Waals surface area contributed by atoms with Gasteiger partial charge in [-0.05, 0) is 66.6 Å². The molecular formula is C25H28N2O3. The second-order valence-corrected chi connectivity index (χ2v) is 7.67. The largest absolute Gasteiger partial charge is 0.317 e. The first-order chi connectivity index (χ1) is 14.6. The Balaban J connectivity index is 1.59. The summed E-state index contributed by atoms with van der Waals surface area (Å²) in [6.45, 7) is 4.46. The molecular weight excluding hydrogens is 376 g/mol. The lowest BCUT2D eigenvalue weighted by atomic mass is 9.81. The lowest BCUT2D eigenvalue weighted by Crippen LogP contribution is -2.30. The van der Waals surface area contributed by atoms with Gasteiger partial charge in [0.2, 0.25) is 0 Å². The number of allylic oxidation sites excluding steroid dienone is 1. The van der Waals surface area contributed by atoms with Crippen LogP contribution in [0.5, 0.6) is 0 Å². The highest BCUT2D eigenvalue weighted by Crippen LogP contribution is 2.30. The van der Waals surface area contributed by atoms with Crippen molar-refractivity contribution in [2.75, 3.05) is 13.1 Å². The van der Waals surface area contributed by atoms with Gasteiger partial charge >= 0.3 is 0 Å². The second-order valence-electron chi connectivity index (χ2n) is 7.67. The summed E-state index contributed by atoms with van der Waals surface area (Å²) in [6.07, 6.45) is 8.60. The molecule has 5 heteroatoms. The number of nitrogens with one attached hydrogen (secondary N) is 2. The van der Waals surface area contributed by atoms with E-state index in [-0.39, 0.29) is 5.78 Å².